The summed E-state index contributed by atoms with van der Waals surface area (Å²) >= 11 is 3.46. The van der Waals surface area contributed by atoms with Gasteiger partial charge in [0.1, 0.15) is 0 Å². The second kappa shape index (κ2) is 6.12. The number of halogens is 1. The molecule has 2 rings (SSSR count). The van der Waals surface area contributed by atoms with Crippen molar-refractivity contribution in [2.75, 3.05) is 0 Å². The van der Waals surface area contributed by atoms with E-state index in [1.54, 1.807) is 0 Å². The Labute approximate surface area is 112 Å². The molecule has 0 bridgehead atoms. The van der Waals surface area contributed by atoms with Crippen molar-refractivity contribution in [3.05, 3.63) is 65.7 Å². The molecule has 0 radical (unpaired) electrons. The predicted octanol–water partition coefficient (Wildman–Crippen LogP) is 3.89. The van der Waals surface area contributed by atoms with Gasteiger partial charge in [0, 0.05) is 10.2 Å². The van der Waals surface area contributed by atoms with Crippen LogP contribution in [0, 0.1) is 0 Å². The van der Waals surface area contributed by atoms with Gasteiger partial charge in [0.05, 0.1) is 16.6 Å². The Kier molecular flexibility index (Phi) is 4.51. The fourth-order valence-electron chi connectivity index (χ4n) is 1.63. The first-order chi connectivity index (χ1) is 8.31. The molecule has 0 spiro atoms. The lowest BCUT2D eigenvalue weighted by atomic mass is 10.1. The Balaban J connectivity index is 2.19. The van der Waals surface area contributed by atoms with Crippen molar-refractivity contribution >= 4 is 26.7 Å². The fraction of sp³-hybridized carbons (Fsp3) is 0.143. The van der Waals surface area contributed by atoms with E-state index in [1.807, 2.05) is 48.5 Å². The third kappa shape index (κ3) is 3.27. The number of rotatable bonds is 4. The highest BCUT2D eigenvalue weighted by Gasteiger charge is 2.07. The van der Waals surface area contributed by atoms with Gasteiger partial charge in [-0.2, -0.15) is 0 Å². The minimum absolute atomic E-state index is 0.575. The molecule has 0 fully saturated rings. The van der Waals surface area contributed by atoms with Gasteiger partial charge in [-0.1, -0.05) is 58.4 Å². The standard InChI is InChI=1S/C14H13BrOS/c15-10-12-6-4-5-7-13(12)11-17(16)14-8-2-1-3-9-14/h1-9H,10-11H2. The molecular weight excluding hydrogens is 296 g/mol. The Hall–Kier alpha value is -0.930. The number of alkyl halides is 1. The molecule has 0 N–H and O–H groups in total. The summed E-state index contributed by atoms with van der Waals surface area (Å²) in [6, 6.07) is 17.7. The molecule has 0 heterocycles. The van der Waals surface area contributed by atoms with Gasteiger partial charge < -0.3 is 0 Å². The molecule has 0 aliphatic heterocycles. The topological polar surface area (TPSA) is 17.1 Å². The molecular formula is C14H13BrOS. The molecule has 88 valence electrons. The smallest absolute Gasteiger partial charge is 0.0574 e. The molecule has 0 amide bonds. The highest BCUT2D eigenvalue weighted by molar-refractivity contribution is 9.08. The molecule has 0 saturated heterocycles. The minimum Gasteiger partial charge on any atom is -0.254 e. The van der Waals surface area contributed by atoms with E-state index in [0.717, 1.165) is 15.8 Å². The van der Waals surface area contributed by atoms with Crippen molar-refractivity contribution in [3.63, 3.8) is 0 Å². The van der Waals surface area contributed by atoms with Crippen LogP contribution in [0.4, 0.5) is 0 Å². The Morgan fingerprint density at radius 1 is 0.882 bits per heavy atom. The lowest BCUT2D eigenvalue weighted by Gasteiger charge is -2.06. The molecule has 0 saturated carbocycles. The van der Waals surface area contributed by atoms with Crippen LogP contribution in [-0.4, -0.2) is 4.21 Å². The van der Waals surface area contributed by atoms with Gasteiger partial charge in [-0.05, 0) is 23.3 Å². The van der Waals surface area contributed by atoms with Crippen LogP contribution in [0.25, 0.3) is 0 Å². The molecule has 2 aromatic rings. The highest BCUT2D eigenvalue weighted by Crippen LogP contribution is 2.17. The molecule has 0 aromatic heterocycles. The molecule has 0 aliphatic rings. The monoisotopic (exact) mass is 308 g/mol. The van der Waals surface area contributed by atoms with Crippen molar-refractivity contribution in [2.45, 2.75) is 16.0 Å². The lowest BCUT2D eigenvalue weighted by molar-refractivity contribution is 0.682. The summed E-state index contributed by atoms with van der Waals surface area (Å²) in [4.78, 5) is 0.886. The maximum Gasteiger partial charge on any atom is 0.0574 e. The van der Waals surface area contributed by atoms with Gasteiger partial charge in [-0.25, -0.2) is 0 Å². The summed E-state index contributed by atoms with van der Waals surface area (Å²) in [6.07, 6.45) is 0. The zero-order valence-corrected chi connectivity index (χ0v) is 11.7. The summed E-state index contributed by atoms with van der Waals surface area (Å²) in [5.74, 6) is 0.575. The molecule has 2 aromatic carbocycles. The van der Waals surface area contributed by atoms with E-state index in [9.17, 15) is 4.21 Å². The number of benzene rings is 2. The maximum absolute atomic E-state index is 12.2. The van der Waals surface area contributed by atoms with Crippen LogP contribution in [0.5, 0.6) is 0 Å². The van der Waals surface area contributed by atoms with Crippen molar-refractivity contribution in [1.29, 1.82) is 0 Å². The van der Waals surface area contributed by atoms with Gasteiger partial charge in [-0.3, -0.25) is 4.21 Å². The van der Waals surface area contributed by atoms with E-state index in [1.165, 1.54) is 5.56 Å². The Bertz CT molecular complexity index is 511. The molecule has 1 nitrogen and oxygen atoms in total. The van der Waals surface area contributed by atoms with Crippen LogP contribution < -0.4 is 0 Å². The van der Waals surface area contributed by atoms with Crippen molar-refractivity contribution in [1.82, 2.24) is 0 Å². The average molecular weight is 309 g/mol. The number of hydrogen-bond donors (Lipinski definition) is 0. The minimum atomic E-state index is -0.967. The molecule has 1 unspecified atom stereocenters. The first-order valence-corrected chi connectivity index (χ1v) is 7.81. The van der Waals surface area contributed by atoms with Crippen LogP contribution in [0.2, 0.25) is 0 Å². The summed E-state index contributed by atoms with van der Waals surface area (Å²) in [5, 5.41) is 0.801. The summed E-state index contributed by atoms with van der Waals surface area (Å²) < 4.78 is 12.2. The quantitative estimate of drug-likeness (QED) is 0.783. The lowest BCUT2D eigenvalue weighted by Crippen LogP contribution is -1.99. The molecule has 0 aliphatic carbocycles. The van der Waals surface area contributed by atoms with Crippen LogP contribution in [-0.2, 0) is 21.9 Å². The molecule has 1 atom stereocenters. The SMILES string of the molecule is O=S(Cc1ccccc1CBr)c1ccccc1. The first kappa shape index (κ1) is 12.5. The third-order valence-corrected chi connectivity index (χ3v) is 4.53. The van der Waals surface area contributed by atoms with E-state index in [4.69, 9.17) is 0 Å². The van der Waals surface area contributed by atoms with Gasteiger partial charge in [-0.15, -0.1) is 0 Å². The summed E-state index contributed by atoms with van der Waals surface area (Å²) in [7, 11) is -0.967. The van der Waals surface area contributed by atoms with Crippen LogP contribution in [0.15, 0.2) is 59.5 Å². The highest BCUT2D eigenvalue weighted by atomic mass is 79.9. The fourth-order valence-corrected chi connectivity index (χ4v) is 3.36. The van der Waals surface area contributed by atoms with Crippen LogP contribution in [0.1, 0.15) is 11.1 Å². The summed E-state index contributed by atoms with van der Waals surface area (Å²) in [6.45, 7) is 0. The van der Waals surface area contributed by atoms with E-state index >= 15 is 0 Å². The van der Waals surface area contributed by atoms with Crippen molar-refractivity contribution < 1.29 is 4.21 Å². The largest absolute Gasteiger partial charge is 0.254 e. The zero-order chi connectivity index (χ0) is 12.1. The second-order valence-corrected chi connectivity index (χ2v) is 5.72. The predicted molar refractivity (Wildman–Crippen MR) is 75.6 cm³/mol. The van der Waals surface area contributed by atoms with E-state index in [-0.39, 0.29) is 0 Å². The van der Waals surface area contributed by atoms with E-state index < -0.39 is 10.8 Å². The maximum atomic E-state index is 12.2. The molecule has 17 heavy (non-hydrogen) atoms. The van der Waals surface area contributed by atoms with Crippen molar-refractivity contribution in [2.24, 2.45) is 0 Å². The van der Waals surface area contributed by atoms with Crippen LogP contribution >= 0.6 is 15.9 Å². The van der Waals surface area contributed by atoms with Gasteiger partial charge in [0.15, 0.2) is 0 Å². The Morgan fingerprint density at radius 2 is 1.47 bits per heavy atom. The van der Waals surface area contributed by atoms with E-state index in [0.29, 0.717) is 5.75 Å². The van der Waals surface area contributed by atoms with Crippen molar-refractivity contribution in [3.8, 4) is 0 Å². The van der Waals surface area contributed by atoms with E-state index in [2.05, 4.69) is 22.0 Å². The normalized spacial score (nSPS) is 12.3. The van der Waals surface area contributed by atoms with Gasteiger partial charge >= 0.3 is 0 Å². The van der Waals surface area contributed by atoms with Crippen LogP contribution in [0.3, 0.4) is 0 Å². The van der Waals surface area contributed by atoms with Gasteiger partial charge in [0.25, 0.3) is 0 Å². The zero-order valence-electron chi connectivity index (χ0n) is 9.30. The summed E-state index contributed by atoms with van der Waals surface area (Å²) in [5.41, 5.74) is 2.35. The molecule has 3 heteroatoms. The third-order valence-electron chi connectivity index (χ3n) is 2.56. The Morgan fingerprint density at radius 3 is 2.12 bits per heavy atom. The average Bonchev–Trinajstić information content (AvgIpc) is 2.40. The second-order valence-electron chi connectivity index (χ2n) is 3.71. The number of hydrogen-bond acceptors (Lipinski definition) is 1. The van der Waals surface area contributed by atoms with Gasteiger partial charge in [0.2, 0.25) is 0 Å². The first-order valence-electron chi connectivity index (χ1n) is 5.37.